The van der Waals surface area contributed by atoms with Crippen molar-refractivity contribution in [3.63, 3.8) is 0 Å². The van der Waals surface area contributed by atoms with Gasteiger partial charge in [-0.3, -0.25) is 4.79 Å². The molecule has 1 amide bonds. The standard InChI is InChI=1S/C42H81NO10/c1-3-5-7-9-11-13-15-17-19-21-23-25-27-29-34(45)37(47)33(32-52-42-40(50)39(49)38(48)36(31-44)53-42)43-41(51)35(46)30-28-26-24-22-20-18-16-14-12-10-8-6-4-2/h25,27,33-40,42,44-50H,3-24,26,28-32H2,1-2H3,(H,43,51). The van der Waals surface area contributed by atoms with Crippen LogP contribution in [0.1, 0.15) is 181 Å². The minimum Gasteiger partial charge on any atom is -0.394 e. The van der Waals surface area contributed by atoms with Crippen LogP contribution in [0.5, 0.6) is 0 Å². The molecule has 1 aliphatic rings. The number of aliphatic hydroxyl groups excluding tert-OH is 7. The summed E-state index contributed by atoms with van der Waals surface area (Å²) in [5.74, 6) is -0.714. The van der Waals surface area contributed by atoms with E-state index >= 15 is 0 Å². The van der Waals surface area contributed by atoms with E-state index in [0.717, 1.165) is 38.5 Å². The molecule has 1 saturated heterocycles. The molecular formula is C42H81NO10. The molecule has 0 aromatic heterocycles. The van der Waals surface area contributed by atoms with E-state index in [-0.39, 0.29) is 12.8 Å². The Hall–Kier alpha value is -1.15. The molecule has 9 unspecified atom stereocenters. The number of aliphatic hydroxyl groups is 7. The maximum atomic E-state index is 13.0. The summed E-state index contributed by atoms with van der Waals surface area (Å²) in [6.07, 6.45) is 21.3. The van der Waals surface area contributed by atoms with Crippen molar-refractivity contribution in [3.05, 3.63) is 12.2 Å². The van der Waals surface area contributed by atoms with Gasteiger partial charge in [-0.2, -0.15) is 0 Å². The lowest BCUT2D eigenvalue weighted by atomic mass is 9.99. The fraction of sp³-hybridized carbons (Fsp3) is 0.929. The Bertz CT molecular complexity index is 877. The van der Waals surface area contributed by atoms with Crippen LogP contribution >= 0.6 is 0 Å². The second kappa shape index (κ2) is 33.0. The Kier molecular flexibility index (Phi) is 31.1. The number of allylic oxidation sites excluding steroid dienone is 1. The van der Waals surface area contributed by atoms with Crippen molar-refractivity contribution in [2.24, 2.45) is 0 Å². The molecule has 9 atom stereocenters. The van der Waals surface area contributed by atoms with E-state index in [4.69, 9.17) is 9.47 Å². The third-order valence-corrected chi connectivity index (χ3v) is 10.6. The van der Waals surface area contributed by atoms with Crippen LogP contribution in [0.15, 0.2) is 12.2 Å². The van der Waals surface area contributed by atoms with Gasteiger partial charge in [0.25, 0.3) is 0 Å². The molecule has 8 N–H and O–H groups in total. The number of carbonyl (C=O) groups excluding carboxylic acids is 1. The van der Waals surface area contributed by atoms with Crippen LogP contribution in [0.4, 0.5) is 0 Å². The zero-order valence-corrected chi connectivity index (χ0v) is 33.5. The highest BCUT2D eigenvalue weighted by molar-refractivity contribution is 5.80. The van der Waals surface area contributed by atoms with Gasteiger partial charge in [0.15, 0.2) is 6.29 Å². The van der Waals surface area contributed by atoms with E-state index in [0.29, 0.717) is 6.42 Å². The number of rotatable bonds is 35. The van der Waals surface area contributed by atoms with Crippen LogP contribution in [-0.2, 0) is 14.3 Å². The van der Waals surface area contributed by atoms with Crippen molar-refractivity contribution >= 4 is 5.91 Å². The number of amides is 1. The molecular weight excluding hydrogens is 678 g/mol. The van der Waals surface area contributed by atoms with Gasteiger partial charge in [-0.05, 0) is 25.7 Å². The molecule has 0 spiro atoms. The molecule has 1 heterocycles. The first-order valence-electron chi connectivity index (χ1n) is 21.6. The molecule has 314 valence electrons. The van der Waals surface area contributed by atoms with E-state index < -0.39 is 74.2 Å². The van der Waals surface area contributed by atoms with Crippen molar-refractivity contribution in [1.82, 2.24) is 5.32 Å². The van der Waals surface area contributed by atoms with Gasteiger partial charge in [0.05, 0.1) is 25.4 Å². The van der Waals surface area contributed by atoms with Gasteiger partial charge in [-0.1, -0.05) is 167 Å². The lowest BCUT2D eigenvalue weighted by molar-refractivity contribution is -0.303. The van der Waals surface area contributed by atoms with Gasteiger partial charge in [-0.15, -0.1) is 0 Å². The maximum Gasteiger partial charge on any atom is 0.249 e. The second-order valence-electron chi connectivity index (χ2n) is 15.4. The van der Waals surface area contributed by atoms with Gasteiger partial charge < -0.3 is 50.5 Å². The molecule has 1 fully saturated rings. The molecule has 0 aromatic rings. The Morgan fingerprint density at radius 3 is 1.62 bits per heavy atom. The predicted octanol–water partition coefficient (Wildman–Crippen LogP) is 6.11. The summed E-state index contributed by atoms with van der Waals surface area (Å²) in [6.45, 7) is 3.39. The normalized spacial score (nSPS) is 22.9. The fourth-order valence-corrected chi connectivity index (χ4v) is 6.91. The Balaban J connectivity index is 2.54. The van der Waals surface area contributed by atoms with Crippen molar-refractivity contribution in [2.45, 2.75) is 236 Å². The third-order valence-electron chi connectivity index (χ3n) is 10.6. The average molecular weight is 760 g/mol. The van der Waals surface area contributed by atoms with Crippen molar-refractivity contribution in [1.29, 1.82) is 0 Å². The summed E-state index contributed by atoms with van der Waals surface area (Å²) >= 11 is 0. The molecule has 0 radical (unpaired) electrons. The molecule has 0 saturated carbocycles. The molecule has 1 rings (SSSR count). The Morgan fingerprint density at radius 1 is 0.660 bits per heavy atom. The minimum absolute atomic E-state index is 0.132. The number of unbranched alkanes of at least 4 members (excludes halogenated alkanes) is 22. The predicted molar refractivity (Wildman–Crippen MR) is 210 cm³/mol. The highest BCUT2D eigenvalue weighted by Gasteiger charge is 2.44. The number of nitrogens with one attached hydrogen (secondary N) is 1. The first kappa shape index (κ1) is 49.9. The van der Waals surface area contributed by atoms with Gasteiger partial charge in [0.1, 0.15) is 36.6 Å². The summed E-state index contributed by atoms with van der Waals surface area (Å²) in [6, 6.07) is -1.19. The Labute approximate surface area is 322 Å². The van der Waals surface area contributed by atoms with Crippen LogP contribution in [0.3, 0.4) is 0 Å². The third kappa shape index (κ3) is 23.5. The molecule has 53 heavy (non-hydrogen) atoms. The zero-order chi connectivity index (χ0) is 39.1. The van der Waals surface area contributed by atoms with E-state index in [1.807, 2.05) is 12.2 Å². The first-order chi connectivity index (χ1) is 25.7. The zero-order valence-electron chi connectivity index (χ0n) is 33.5. The molecule has 0 aliphatic carbocycles. The van der Waals surface area contributed by atoms with E-state index in [1.54, 1.807) is 0 Å². The van der Waals surface area contributed by atoms with Gasteiger partial charge >= 0.3 is 0 Å². The summed E-state index contributed by atoms with van der Waals surface area (Å²) in [5.41, 5.74) is 0. The van der Waals surface area contributed by atoms with Crippen LogP contribution in [0.2, 0.25) is 0 Å². The summed E-state index contributed by atoms with van der Waals surface area (Å²) in [7, 11) is 0. The smallest absolute Gasteiger partial charge is 0.249 e. The van der Waals surface area contributed by atoms with Crippen molar-refractivity contribution < 1.29 is 50.0 Å². The molecule has 11 nitrogen and oxygen atoms in total. The van der Waals surface area contributed by atoms with Gasteiger partial charge in [0.2, 0.25) is 5.91 Å². The molecule has 0 bridgehead atoms. The number of ether oxygens (including phenoxy) is 2. The monoisotopic (exact) mass is 760 g/mol. The SMILES string of the molecule is CCCCCCCCCCCCC=CCC(O)C(O)C(COC1OC(CO)C(O)C(O)C1O)NC(=O)C(O)CCCCCCCCCCCCCCC. The first-order valence-corrected chi connectivity index (χ1v) is 21.6. The topological polar surface area (TPSA) is 189 Å². The van der Waals surface area contributed by atoms with E-state index in [2.05, 4.69) is 19.2 Å². The van der Waals surface area contributed by atoms with E-state index in [9.17, 15) is 40.5 Å². The molecule has 0 aromatic carbocycles. The largest absolute Gasteiger partial charge is 0.394 e. The summed E-state index contributed by atoms with van der Waals surface area (Å²) in [5, 5.41) is 75.3. The maximum absolute atomic E-state index is 13.0. The summed E-state index contributed by atoms with van der Waals surface area (Å²) in [4.78, 5) is 13.0. The number of hydrogen-bond donors (Lipinski definition) is 8. The van der Waals surface area contributed by atoms with Gasteiger partial charge in [-0.25, -0.2) is 0 Å². The van der Waals surface area contributed by atoms with E-state index in [1.165, 1.54) is 109 Å². The Morgan fingerprint density at radius 2 is 1.13 bits per heavy atom. The van der Waals surface area contributed by atoms with Crippen LogP contribution in [0.25, 0.3) is 0 Å². The lowest BCUT2D eigenvalue weighted by Gasteiger charge is -2.40. The lowest BCUT2D eigenvalue weighted by Crippen LogP contribution is -2.60. The van der Waals surface area contributed by atoms with Crippen LogP contribution < -0.4 is 5.32 Å². The highest BCUT2D eigenvalue weighted by Crippen LogP contribution is 2.23. The quantitative estimate of drug-likeness (QED) is 0.0277. The fourth-order valence-electron chi connectivity index (χ4n) is 6.91. The number of hydrogen-bond acceptors (Lipinski definition) is 10. The van der Waals surface area contributed by atoms with Crippen LogP contribution in [0, 0.1) is 0 Å². The minimum atomic E-state index is -1.67. The van der Waals surface area contributed by atoms with Crippen LogP contribution in [-0.4, -0.2) is 110 Å². The molecule has 11 heteroatoms. The number of carbonyl (C=O) groups is 1. The van der Waals surface area contributed by atoms with Gasteiger partial charge in [0, 0.05) is 0 Å². The average Bonchev–Trinajstić information content (AvgIpc) is 3.16. The summed E-state index contributed by atoms with van der Waals surface area (Å²) < 4.78 is 11.0. The second-order valence-corrected chi connectivity index (χ2v) is 15.4. The highest BCUT2D eigenvalue weighted by atomic mass is 16.7. The van der Waals surface area contributed by atoms with Crippen molar-refractivity contribution in [2.75, 3.05) is 13.2 Å². The van der Waals surface area contributed by atoms with Crippen molar-refractivity contribution in [3.8, 4) is 0 Å². The molecule has 1 aliphatic heterocycles.